The molecule has 0 aliphatic heterocycles. The third-order valence-electron chi connectivity index (χ3n) is 3.12. The summed E-state index contributed by atoms with van der Waals surface area (Å²) in [5.74, 6) is 0.916. The van der Waals surface area contributed by atoms with Gasteiger partial charge in [0.2, 0.25) is 5.91 Å². The lowest BCUT2D eigenvalue weighted by Gasteiger charge is -2.17. The Balaban J connectivity index is 1.86. The first-order chi connectivity index (χ1) is 8.70. The first-order valence-corrected chi connectivity index (χ1v) is 6.36. The van der Waals surface area contributed by atoms with E-state index in [1.807, 2.05) is 31.2 Å². The van der Waals surface area contributed by atoms with Crippen molar-refractivity contribution in [3.05, 3.63) is 29.8 Å². The molecule has 0 unspecified atom stereocenters. The van der Waals surface area contributed by atoms with Crippen molar-refractivity contribution in [3.63, 3.8) is 0 Å². The van der Waals surface area contributed by atoms with Crippen LogP contribution in [0.4, 0.5) is 0 Å². The van der Waals surface area contributed by atoms with E-state index in [1.165, 1.54) is 0 Å². The highest BCUT2D eigenvalue weighted by atomic mass is 16.5. The van der Waals surface area contributed by atoms with Crippen molar-refractivity contribution >= 4 is 5.91 Å². The smallest absolute Gasteiger partial charge is 0.234 e. The molecular formula is C14H20N2O2. The number of hydrogen-bond donors (Lipinski definition) is 2. The molecule has 0 spiro atoms. The summed E-state index contributed by atoms with van der Waals surface area (Å²) in [7, 11) is 1.66. The molecule has 1 saturated carbocycles. The van der Waals surface area contributed by atoms with E-state index in [4.69, 9.17) is 4.74 Å². The lowest BCUT2D eigenvalue weighted by molar-refractivity contribution is -0.120. The highest BCUT2D eigenvalue weighted by Crippen LogP contribution is 2.24. The van der Waals surface area contributed by atoms with E-state index < -0.39 is 0 Å². The summed E-state index contributed by atoms with van der Waals surface area (Å²) in [6, 6.07) is 8.36. The molecule has 1 fully saturated rings. The van der Waals surface area contributed by atoms with Gasteiger partial charge in [0, 0.05) is 17.6 Å². The molecule has 1 aliphatic carbocycles. The predicted octanol–water partition coefficient (Wildman–Crippen LogP) is 1.62. The molecule has 1 aromatic carbocycles. The molecule has 4 nitrogen and oxygen atoms in total. The highest BCUT2D eigenvalue weighted by Gasteiger charge is 2.23. The summed E-state index contributed by atoms with van der Waals surface area (Å²) in [6.45, 7) is 2.37. The average molecular weight is 248 g/mol. The molecule has 2 rings (SSSR count). The van der Waals surface area contributed by atoms with Crippen molar-refractivity contribution in [2.75, 3.05) is 13.7 Å². The Morgan fingerprint density at radius 3 is 2.83 bits per heavy atom. The average Bonchev–Trinajstić information content (AvgIpc) is 3.19. The minimum Gasteiger partial charge on any atom is -0.496 e. The summed E-state index contributed by atoms with van der Waals surface area (Å²) in [4.78, 5) is 11.6. The van der Waals surface area contributed by atoms with Gasteiger partial charge in [0.05, 0.1) is 13.7 Å². The Hall–Kier alpha value is -1.55. The second-order valence-corrected chi connectivity index (χ2v) is 4.69. The fourth-order valence-corrected chi connectivity index (χ4v) is 1.89. The molecule has 2 N–H and O–H groups in total. The number of para-hydroxylation sites is 1. The molecular weight excluding hydrogens is 228 g/mol. The Kier molecular flexibility index (Phi) is 4.20. The van der Waals surface area contributed by atoms with Crippen molar-refractivity contribution in [2.24, 2.45) is 0 Å². The summed E-state index contributed by atoms with van der Waals surface area (Å²) in [5, 5.41) is 6.17. The Bertz CT molecular complexity index is 416. The van der Waals surface area contributed by atoms with Gasteiger partial charge in [0.15, 0.2) is 0 Å². The maximum Gasteiger partial charge on any atom is 0.234 e. The quantitative estimate of drug-likeness (QED) is 0.804. The molecule has 1 aromatic rings. The first kappa shape index (κ1) is 12.9. The van der Waals surface area contributed by atoms with E-state index >= 15 is 0 Å². The van der Waals surface area contributed by atoms with Crippen molar-refractivity contribution in [2.45, 2.75) is 31.8 Å². The number of hydrogen-bond acceptors (Lipinski definition) is 3. The zero-order valence-corrected chi connectivity index (χ0v) is 10.9. The molecule has 0 saturated heterocycles. The molecule has 1 amide bonds. The second kappa shape index (κ2) is 5.87. The minimum atomic E-state index is 0.0687. The molecule has 0 heterocycles. The van der Waals surface area contributed by atoms with Gasteiger partial charge >= 0.3 is 0 Å². The van der Waals surface area contributed by atoms with E-state index in [0.29, 0.717) is 12.6 Å². The van der Waals surface area contributed by atoms with E-state index in [0.717, 1.165) is 24.2 Å². The molecule has 0 aromatic heterocycles. The molecule has 0 bridgehead atoms. The Labute approximate surface area is 108 Å². The molecule has 18 heavy (non-hydrogen) atoms. The summed E-state index contributed by atoms with van der Waals surface area (Å²) in [5.41, 5.74) is 1.07. The monoisotopic (exact) mass is 248 g/mol. The predicted molar refractivity (Wildman–Crippen MR) is 70.6 cm³/mol. The maximum atomic E-state index is 11.6. The number of methoxy groups -OCH3 is 1. The molecule has 1 atom stereocenters. The van der Waals surface area contributed by atoms with Gasteiger partial charge in [-0.25, -0.2) is 0 Å². The van der Waals surface area contributed by atoms with Gasteiger partial charge in [-0.2, -0.15) is 0 Å². The molecule has 4 heteroatoms. The largest absolute Gasteiger partial charge is 0.496 e. The maximum absolute atomic E-state index is 11.6. The number of carbonyl (C=O) groups is 1. The first-order valence-electron chi connectivity index (χ1n) is 6.36. The van der Waals surface area contributed by atoms with Crippen LogP contribution < -0.4 is 15.4 Å². The van der Waals surface area contributed by atoms with E-state index in [-0.39, 0.29) is 11.9 Å². The number of ether oxygens (including phenoxy) is 1. The number of carbonyl (C=O) groups excluding carboxylic acids is 1. The Morgan fingerprint density at radius 1 is 1.44 bits per heavy atom. The third kappa shape index (κ3) is 3.47. The Morgan fingerprint density at radius 2 is 2.17 bits per heavy atom. The van der Waals surface area contributed by atoms with Crippen LogP contribution in [-0.4, -0.2) is 25.6 Å². The van der Waals surface area contributed by atoms with Crippen molar-refractivity contribution in [3.8, 4) is 5.75 Å². The number of benzene rings is 1. The van der Waals surface area contributed by atoms with Crippen LogP contribution in [0.2, 0.25) is 0 Å². The summed E-state index contributed by atoms with van der Waals surface area (Å²) < 4.78 is 5.31. The van der Waals surface area contributed by atoms with Crippen LogP contribution in [0.1, 0.15) is 31.4 Å². The second-order valence-electron chi connectivity index (χ2n) is 4.69. The van der Waals surface area contributed by atoms with E-state index in [2.05, 4.69) is 10.6 Å². The van der Waals surface area contributed by atoms with Crippen LogP contribution in [0.15, 0.2) is 24.3 Å². The van der Waals surface area contributed by atoms with Crippen LogP contribution in [0.3, 0.4) is 0 Å². The van der Waals surface area contributed by atoms with Crippen LogP contribution in [0, 0.1) is 0 Å². The number of nitrogens with one attached hydrogen (secondary N) is 2. The fraction of sp³-hybridized carbons (Fsp3) is 0.500. The zero-order valence-electron chi connectivity index (χ0n) is 10.9. The topological polar surface area (TPSA) is 50.4 Å². The minimum absolute atomic E-state index is 0.0687. The molecule has 98 valence electrons. The van der Waals surface area contributed by atoms with Crippen LogP contribution in [0.5, 0.6) is 5.75 Å². The zero-order chi connectivity index (χ0) is 13.0. The molecule has 1 aliphatic rings. The van der Waals surface area contributed by atoms with Crippen LogP contribution >= 0.6 is 0 Å². The SMILES string of the molecule is COc1ccccc1[C@H](C)NCC(=O)NC1CC1. The number of amides is 1. The lowest BCUT2D eigenvalue weighted by atomic mass is 10.1. The lowest BCUT2D eigenvalue weighted by Crippen LogP contribution is -2.36. The van der Waals surface area contributed by atoms with Gasteiger partial charge in [-0.15, -0.1) is 0 Å². The van der Waals surface area contributed by atoms with E-state index in [1.54, 1.807) is 7.11 Å². The fourth-order valence-electron chi connectivity index (χ4n) is 1.89. The van der Waals surface area contributed by atoms with E-state index in [9.17, 15) is 4.79 Å². The summed E-state index contributed by atoms with van der Waals surface area (Å²) >= 11 is 0. The normalized spacial score (nSPS) is 16.1. The summed E-state index contributed by atoms with van der Waals surface area (Å²) in [6.07, 6.45) is 2.24. The van der Waals surface area contributed by atoms with Crippen LogP contribution in [0.25, 0.3) is 0 Å². The van der Waals surface area contributed by atoms with Gasteiger partial charge in [0.25, 0.3) is 0 Å². The van der Waals surface area contributed by atoms with Crippen molar-refractivity contribution in [1.82, 2.24) is 10.6 Å². The third-order valence-corrected chi connectivity index (χ3v) is 3.12. The number of rotatable bonds is 6. The van der Waals surface area contributed by atoms with Gasteiger partial charge in [-0.05, 0) is 25.8 Å². The van der Waals surface area contributed by atoms with Gasteiger partial charge < -0.3 is 15.4 Å². The highest BCUT2D eigenvalue weighted by molar-refractivity contribution is 5.78. The van der Waals surface area contributed by atoms with Crippen LogP contribution in [-0.2, 0) is 4.79 Å². The van der Waals surface area contributed by atoms with Crippen molar-refractivity contribution < 1.29 is 9.53 Å². The van der Waals surface area contributed by atoms with Gasteiger partial charge in [0.1, 0.15) is 5.75 Å². The van der Waals surface area contributed by atoms with Gasteiger partial charge in [-0.1, -0.05) is 18.2 Å². The standard InChI is InChI=1S/C14H20N2O2/c1-10(12-5-3-4-6-13(12)18-2)15-9-14(17)16-11-7-8-11/h3-6,10-11,15H,7-9H2,1-2H3,(H,16,17)/t10-/m0/s1. The van der Waals surface area contributed by atoms with Gasteiger partial charge in [-0.3, -0.25) is 4.79 Å². The van der Waals surface area contributed by atoms with Crippen molar-refractivity contribution in [1.29, 1.82) is 0 Å². The molecule has 0 radical (unpaired) electrons.